The van der Waals surface area contributed by atoms with Gasteiger partial charge in [0, 0.05) is 26.6 Å². The number of fused-ring (bicyclic) bond motifs is 1. The standard InChI is InChI=1S/C28H27Cl2NO5S/c1-16-7-10-18-24(13-16)37-27(26(18)28(33)35-3)31-25(32)12-9-17-8-11-22(23(14-17)34-2)36-15-19-20(29)5-4-6-21(19)30/h4-6,8-9,11-12,14,16H,7,10,13,15H2,1-3H3,(H,31,32)/b12-9+. The first-order valence-electron chi connectivity index (χ1n) is 11.8. The molecule has 1 aliphatic carbocycles. The second-order valence-corrected chi connectivity index (χ2v) is 10.7. The molecule has 0 fully saturated rings. The zero-order chi connectivity index (χ0) is 26.5. The van der Waals surface area contributed by atoms with Crippen LogP contribution in [0.5, 0.6) is 11.5 Å². The summed E-state index contributed by atoms with van der Waals surface area (Å²) < 4.78 is 16.4. The highest BCUT2D eigenvalue weighted by atomic mass is 35.5. The van der Waals surface area contributed by atoms with Gasteiger partial charge >= 0.3 is 5.97 Å². The van der Waals surface area contributed by atoms with E-state index in [1.54, 1.807) is 49.6 Å². The molecule has 0 bridgehead atoms. The molecule has 1 unspecified atom stereocenters. The first-order valence-corrected chi connectivity index (χ1v) is 13.3. The molecule has 1 aromatic heterocycles. The number of hydrogen-bond donors (Lipinski definition) is 1. The summed E-state index contributed by atoms with van der Waals surface area (Å²) in [4.78, 5) is 26.4. The Bertz CT molecular complexity index is 1330. The van der Waals surface area contributed by atoms with E-state index in [0.717, 1.165) is 35.3 Å². The first kappa shape index (κ1) is 27.0. The molecular formula is C28H27Cl2NO5S. The maximum absolute atomic E-state index is 12.7. The number of thiophene rings is 1. The van der Waals surface area contributed by atoms with Crippen LogP contribution >= 0.6 is 34.5 Å². The zero-order valence-electron chi connectivity index (χ0n) is 20.7. The van der Waals surface area contributed by atoms with Crippen LogP contribution in [0.3, 0.4) is 0 Å². The minimum Gasteiger partial charge on any atom is -0.493 e. The van der Waals surface area contributed by atoms with E-state index in [-0.39, 0.29) is 12.5 Å². The molecule has 0 radical (unpaired) electrons. The Morgan fingerprint density at radius 3 is 2.59 bits per heavy atom. The minimum atomic E-state index is -0.426. The second-order valence-electron chi connectivity index (χ2n) is 8.77. The molecule has 2 aromatic carbocycles. The van der Waals surface area contributed by atoms with Crippen LogP contribution in [0.15, 0.2) is 42.5 Å². The average Bonchev–Trinajstić information content (AvgIpc) is 3.23. The molecule has 4 rings (SSSR count). The minimum absolute atomic E-state index is 0.179. The number of hydrogen-bond acceptors (Lipinski definition) is 6. The quantitative estimate of drug-likeness (QED) is 0.233. The Labute approximate surface area is 230 Å². The molecule has 1 amide bonds. The van der Waals surface area contributed by atoms with Crippen molar-refractivity contribution in [3.8, 4) is 11.5 Å². The van der Waals surface area contributed by atoms with E-state index < -0.39 is 5.97 Å². The van der Waals surface area contributed by atoms with E-state index in [1.807, 2.05) is 0 Å². The third-order valence-electron chi connectivity index (χ3n) is 6.19. The number of carbonyl (C=O) groups is 2. The lowest BCUT2D eigenvalue weighted by Gasteiger charge is -2.18. The molecule has 6 nitrogen and oxygen atoms in total. The summed E-state index contributed by atoms with van der Waals surface area (Å²) in [5, 5.41) is 4.44. The summed E-state index contributed by atoms with van der Waals surface area (Å²) in [6.07, 6.45) is 5.79. The molecule has 37 heavy (non-hydrogen) atoms. The summed E-state index contributed by atoms with van der Waals surface area (Å²) in [5.74, 6) is 0.790. The number of halogens is 2. The summed E-state index contributed by atoms with van der Waals surface area (Å²) in [7, 11) is 2.89. The van der Waals surface area contributed by atoms with Crippen LogP contribution in [0.1, 0.15) is 45.3 Å². The Balaban J connectivity index is 1.47. The first-order chi connectivity index (χ1) is 17.8. The van der Waals surface area contributed by atoms with Crippen molar-refractivity contribution in [2.24, 2.45) is 5.92 Å². The van der Waals surface area contributed by atoms with Gasteiger partial charge in [0.2, 0.25) is 5.91 Å². The third-order valence-corrected chi connectivity index (χ3v) is 8.06. The van der Waals surface area contributed by atoms with E-state index in [2.05, 4.69) is 12.2 Å². The van der Waals surface area contributed by atoms with E-state index in [9.17, 15) is 9.59 Å². The van der Waals surface area contributed by atoms with E-state index in [0.29, 0.717) is 43.6 Å². The highest BCUT2D eigenvalue weighted by Crippen LogP contribution is 2.40. The van der Waals surface area contributed by atoms with Crippen LogP contribution in [0.25, 0.3) is 6.08 Å². The summed E-state index contributed by atoms with van der Waals surface area (Å²) in [6, 6.07) is 10.6. The van der Waals surface area contributed by atoms with Crippen molar-refractivity contribution in [3.05, 3.63) is 79.7 Å². The topological polar surface area (TPSA) is 73.9 Å². The van der Waals surface area contributed by atoms with Gasteiger partial charge in [0.1, 0.15) is 11.6 Å². The van der Waals surface area contributed by atoms with Crippen LogP contribution in [0.4, 0.5) is 5.00 Å². The smallest absolute Gasteiger partial charge is 0.341 e. The highest BCUT2D eigenvalue weighted by Gasteiger charge is 2.28. The summed E-state index contributed by atoms with van der Waals surface area (Å²) in [6.45, 7) is 2.37. The van der Waals surface area contributed by atoms with Gasteiger partial charge in [-0.25, -0.2) is 4.79 Å². The molecule has 3 aromatic rings. The fraction of sp³-hybridized carbons (Fsp3) is 0.286. The monoisotopic (exact) mass is 559 g/mol. The van der Waals surface area contributed by atoms with Crippen molar-refractivity contribution < 1.29 is 23.8 Å². The SMILES string of the molecule is COC(=O)c1c(NC(=O)/C=C/c2ccc(OCc3c(Cl)cccc3Cl)c(OC)c2)sc2c1CCC(C)C2. The Hall–Kier alpha value is -3.00. The van der Waals surface area contributed by atoms with Crippen molar-refractivity contribution in [2.75, 3.05) is 19.5 Å². The van der Waals surface area contributed by atoms with Crippen LogP contribution in [0.2, 0.25) is 10.0 Å². The van der Waals surface area contributed by atoms with Crippen LogP contribution in [-0.4, -0.2) is 26.1 Å². The lowest BCUT2D eigenvalue weighted by molar-refractivity contribution is -0.111. The molecule has 0 saturated heterocycles. The molecule has 0 spiro atoms. The van der Waals surface area contributed by atoms with Crippen molar-refractivity contribution >= 4 is 57.5 Å². The van der Waals surface area contributed by atoms with Crippen LogP contribution < -0.4 is 14.8 Å². The molecule has 9 heteroatoms. The third kappa shape index (κ3) is 6.29. The van der Waals surface area contributed by atoms with Crippen molar-refractivity contribution in [3.63, 3.8) is 0 Å². The van der Waals surface area contributed by atoms with Crippen LogP contribution in [-0.2, 0) is 29.0 Å². The Morgan fingerprint density at radius 1 is 1.14 bits per heavy atom. The van der Waals surface area contributed by atoms with Gasteiger partial charge in [0.25, 0.3) is 0 Å². The van der Waals surface area contributed by atoms with Gasteiger partial charge in [-0.15, -0.1) is 11.3 Å². The number of nitrogens with one attached hydrogen (secondary N) is 1. The molecule has 1 N–H and O–H groups in total. The van der Waals surface area contributed by atoms with Crippen molar-refractivity contribution in [1.29, 1.82) is 0 Å². The molecule has 1 aliphatic rings. The molecule has 1 heterocycles. The summed E-state index contributed by atoms with van der Waals surface area (Å²) >= 11 is 13.9. The number of benzene rings is 2. The zero-order valence-corrected chi connectivity index (χ0v) is 23.1. The van der Waals surface area contributed by atoms with E-state index in [4.69, 9.17) is 37.4 Å². The predicted octanol–water partition coefficient (Wildman–Crippen LogP) is 7.21. The van der Waals surface area contributed by atoms with Gasteiger partial charge < -0.3 is 19.5 Å². The van der Waals surface area contributed by atoms with Gasteiger partial charge in [-0.1, -0.05) is 42.3 Å². The van der Waals surface area contributed by atoms with E-state index >= 15 is 0 Å². The van der Waals surface area contributed by atoms with Gasteiger partial charge in [-0.3, -0.25) is 4.79 Å². The van der Waals surface area contributed by atoms with Gasteiger partial charge in [0.15, 0.2) is 11.5 Å². The van der Waals surface area contributed by atoms with Crippen LogP contribution in [0, 0.1) is 5.92 Å². The van der Waals surface area contributed by atoms with Crippen molar-refractivity contribution in [1.82, 2.24) is 0 Å². The number of rotatable bonds is 8. The highest BCUT2D eigenvalue weighted by molar-refractivity contribution is 7.17. The molecule has 0 aliphatic heterocycles. The number of carbonyl (C=O) groups excluding carboxylic acids is 2. The van der Waals surface area contributed by atoms with Gasteiger partial charge in [-0.2, -0.15) is 0 Å². The maximum Gasteiger partial charge on any atom is 0.341 e. The fourth-order valence-electron chi connectivity index (χ4n) is 4.21. The Kier molecular flexibility index (Phi) is 8.79. The fourth-order valence-corrected chi connectivity index (χ4v) is 6.12. The largest absolute Gasteiger partial charge is 0.493 e. The molecule has 0 saturated carbocycles. The van der Waals surface area contributed by atoms with Crippen molar-refractivity contribution in [2.45, 2.75) is 32.8 Å². The second kappa shape index (κ2) is 12.0. The van der Waals surface area contributed by atoms with Gasteiger partial charge in [-0.05, 0) is 66.6 Å². The van der Waals surface area contributed by atoms with Gasteiger partial charge in [0.05, 0.1) is 19.8 Å². The normalized spacial score (nSPS) is 14.8. The molecular weight excluding hydrogens is 533 g/mol. The lowest BCUT2D eigenvalue weighted by Crippen LogP contribution is -2.14. The number of ether oxygens (including phenoxy) is 3. The molecule has 1 atom stereocenters. The average molecular weight is 560 g/mol. The van der Waals surface area contributed by atoms with E-state index in [1.165, 1.54) is 24.5 Å². The number of esters is 1. The summed E-state index contributed by atoms with van der Waals surface area (Å²) in [5.41, 5.74) is 2.89. The number of anilines is 1. The molecule has 194 valence electrons. The maximum atomic E-state index is 12.7. The number of amides is 1. The lowest BCUT2D eigenvalue weighted by atomic mass is 9.88. The Morgan fingerprint density at radius 2 is 1.89 bits per heavy atom. The predicted molar refractivity (Wildman–Crippen MR) is 148 cm³/mol. The number of methoxy groups -OCH3 is 2.